The smallest absolute Gasteiger partial charge is 0.336 e. The van der Waals surface area contributed by atoms with Crippen LogP contribution in [0.3, 0.4) is 0 Å². The Hall–Kier alpha value is -3.16. The van der Waals surface area contributed by atoms with Gasteiger partial charge in [0, 0.05) is 23.5 Å². The lowest BCUT2D eigenvalue weighted by atomic mass is 9.83. The predicted molar refractivity (Wildman–Crippen MR) is 93.0 cm³/mol. The van der Waals surface area contributed by atoms with E-state index < -0.39 is 22.8 Å². The standard InChI is InChI=1S/C18H20N2O6/c1-5-26-18(22)15-11(3)19-10(2)14(17(21)25-4)16(15)12-6-8-13(9-7-12)20(23)24/h6-9,16,19H,5H2,1-4H3/i3+1,11+1. The average molecular weight is 362 g/mol. The highest BCUT2D eigenvalue weighted by Gasteiger charge is 2.37. The van der Waals surface area contributed by atoms with Crippen LogP contribution in [0.5, 0.6) is 0 Å². The number of methoxy groups -OCH3 is 1. The molecule has 26 heavy (non-hydrogen) atoms. The number of nitro benzene ring substituents is 1. The number of carbonyl (C=O) groups is 2. The van der Waals surface area contributed by atoms with Crippen molar-refractivity contribution in [1.29, 1.82) is 0 Å². The number of nitrogens with zero attached hydrogens (tertiary/aromatic N) is 1. The van der Waals surface area contributed by atoms with Gasteiger partial charge < -0.3 is 14.8 Å². The summed E-state index contributed by atoms with van der Waals surface area (Å²) in [5.74, 6) is -1.90. The van der Waals surface area contributed by atoms with Crippen LogP contribution in [0.15, 0.2) is 46.8 Å². The molecule has 1 aromatic rings. The lowest BCUT2D eigenvalue weighted by Crippen LogP contribution is -2.32. The maximum absolute atomic E-state index is 12.5. The number of non-ortho nitro benzene ring substituents is 1. The fourth-order valence-electron chi connectivity index (χ4n) is 2.98. The van der Waals surface area contributed by atoms with E-state index in [9.17, 15) is 19.7 Å². The highest BCUT2D eigenvalue weighted by Crippen LogP contribution is 2.39. The second-order valence-electron chi connectivity index (χ2n) is 5.70. The van der Waals surface area contributed by atoms with Gasteiger partial charge in [0.15, 0.2) is 0 Å². The highest BCUT2D eigenvalue weighted by molar-refractivity contribution is 5.99. The Morgan fingerprint density at radius 2 is 1.65 bits per heavy atom. The lowest BCUT2D eigenvalue weighted by Gasteiger charge is -2.30. The predicted octanol–water partition coefficient (Wildman–Crippen LogP) is 2.57. The first-order chi connectivity index (χ1) is 12.3. The highest BCUT2D eigenvalue weighted by atomic mass is 16.6. The minimum absolute atomic E-state index is 0.0820. The topological polar surface area (TPSA) is 108 Å². The van der Waals surface area contributed by atoms with E-state index in [1.54, 1.807) is 20.8 Å². The summed E-state index contributed by atoms with van der Waals surface area (Å²) in [4.78, 5) is 35.3. The van der Waals surface area contributed by atoms with Crippen molar-refractivity contribution < 1.29 is 24.0 Å². The van der Waals surface area contributed by atoms with Crippen LogP contribution in [0.25, 0.3) is 0 Å². The molecule has 1 aromatic carbocycles. The van der Waals surface area contributed by atoms with E-state index in [0.29, 0.717) is 17.0 Å². The van der Waals surface area contributed by atoms with Crippen molar-refractivity contribution in [3.8, 4) is 0 Å². The molecule has 1 aliphatic heterocycles. The molecule has 0 bridgehead atoms. The number of rotatable bonds is 5. The first kappa shape index (κ1) is 19.2. The Kier molecular flexibility index (Phi) is 5.76. The van der Waals surface area contributed by atoms with Gasteiger partial charge in [-0.3, -0.25) is 10.1 Å². The summed E-state index contributed by atoms with van der Waals surface area (Å²) in [6.07, 6.45) is 0. The second-order valence-corrected chi connectivity index (χ2v) is 5.70. The average Bonchev–Trinajstić information content (AvgIpc) is 2.60. The Morgan fingerprint density at radius 1 is 1.12 bits per heavy atom. The maximum Gasteiger partial charge on any atom is 0.336 e. The molecule has 0 aliphatic carbocycles. The molecule has 1 N–H and O–H groups in total. The first-order valence-electron chi connectivity index (χ1n) is 8.00. The van der Waals surface area contributed by atoms with Crippen LogP contribution < -0.4 is 5.32 Å². The van der Waals surface area contributed by atoms with Gasteiger partial charge in [-0.25, -0.2) is 9.59 Å². The fraction of sp³-hybridized carbons (Fsp3) is 0.333. The van der Waals surface area contributed by atoms with Crippen molar-refractivity contribution in [1.82, 2.24) is 5.32 Å². The molecule has 2 rings (SSSR count). The molecule has 1 heterocycles. The SMILES string of the molecule is CCOC(=O)C1=[13C]([13CH3])NC(C)=C(C(=O)OC)C1c1ccc([N+](=O)[O-])cc1. The van der Waals surface area contributed by atoms with Gasteiger partial charge in [0.1, 0.15) is 0 Å². The summed E-state index contributed by atoms with van der Waals surface area (Å²) < 4.78 is 10.0. The molecule has 8 nitrogen and oxygen atoms in total. The van der Waals surface area contributed by atoms with E-state index in [-0.39, 0.29) is 23.4 Å². The molecule has 0 saturated carbocycles. The zero-order chi connectivity index (χ0) is 19.4. The van der Waals surface area contributed by atoms with Gasteiger partial charge in [-0.2, -0.15) is 0 Å². The van der Waals surface area contributed by atoms with Crippen LogP contribution >= 0.6 is 0 Å². The van der Waals surface area contributed by atoms with Crippen LogP contribution in [0, 0.1) is 10.1 Å². The summed E-state index contributed by atoms with van der Waals surface area (Å²) in [5.41, 5.74) is 2.10. The number of nitrogens with one attached hydrogen (secondary N) is 1. The molecular formula is C18H20N2O6. The number of nitro groups is 1. The molecule has 8 heteroatoms. The molecule has 0 fully saturated rings. The number of hydrogen-bond acceptors (Lipinski definition) is 7. The summed E-state index contributed by atoms with van der Waals surface area (Å²) in [6, 6.07) is 5.72. The van der Waals surface area contributed by atoms with E-state index in [1.165, 1.54) is 31.4 Å². The summed E-state index contributed by atoms with van der Waals surface area (Å²) in [7, 11) is 1.25. The number of ether oxygens (including phenoxy) is 2. The fourth-order valence-corrected chi connectivity index (χ4v) is 2.98. The quantitative estimate of drug-likeness (QED) is 0.371. The van der Waals surface area contributed by atoms with Crippen LogP contribution in [-0.4, -0.2) is 30.6 Å². The van der Waals surface area contributed by atoms with Gasteiger partial charge in [0.05, 0.1) is 35.7 Å². The minimum Gasteiger partial charge on any atom is -0.466 e. The van der Waals surface area contributed by atoms with Crippen molar-refractivity contribution in [2.24, 2.45) is 0 Å². The Balaban J connectivity index is 2.63. The van der Waals surface area contributed by atoms with Gasteiger partial charge in [-0.15, -0.1) is 0 Å². The van der Waals surface area contributed by atoms with Gasteiger partial charge in [0.2, 0.25) is 0 Å². The molecule has 0 amide bonds. The number of hydrogen-bond donors (Lipinski definition) is 1. The summed E-state index contributed by atoms with van der Waals surface area (Å²) in [6.45, 7) is 5.28. The molecule has 138 valence electrons. The zero-order valence-corrected chi connectivity index (χ0v) is 15.0. The Morgan fingerprint density at radius 3 is 2.12 bits per heavy atom. The molecule has 0 spiro atoms. The van der Waals surface area contributed by atoms with E-state index in [0.717, 1.165) is 0 Å². The summed E-state index contributed by atoms with van der Waals surface area (Å²) >= 11 is 0. The third kappa shape index (κ3) is 3.58. The van der Waals surface area contributed by atoms with Crippen molar-refractivity contribution in [3.63, 3.8) is 0 Å². The van der Waals surface area contributed by atoms with E-state index in [1.807, 2.05) is 0 Å². The number of carbonyl (C=O) groups excluding carboxylic acids is 2. The molecule has 0 aromatic heterocycles. The van der Waals surface area contributed by atoms with Gasteiger partial charge in [-0.05, 0) is 26.3 Å². The molecule has 0 saturated heterocycles. The van der Waals surface area contributed by atoms with Crippen molar-refractivity contribution in [3.05, 3.63) is 62.5 Å². The zero-order valence-electron chi connectivity index (χ0n) is 15.0. The van der Waals surface area contributed by atoms with Gasteiger partial charge in [-0.1, -0.05) is 12.1 Å². The normalized spacial score (nSPS) is 16.8. The minimum atomic E-state index is -0.747. The van der Waals surface area contributed by atoms with Crippen LogP contribution in [0.4, 0.5) is 5.69 Å². The number of allylic oxidation sites excluding steroid dienone is 2. The molecule has 1 unspecified atom stereocenters. The van der Waals surface area contributed by atoms with Crippen molar-refractivity contribution in [2.45, 2.75) is 26.7 Å². The molecular weight excluding hydrogens is 342 g/mol. The van der Waals surface area contributed by atoms with Gasteiger partial charge in [0.25, 0.3) is 5.69 Å². The first-order valence-corrected chi connectivity index (χ1v) is 8.00. The number of benzene rings is 1. The van der Waals surface area contributed by atoms with Crippen molar-refractivity contribution >= 4 is 17.6 Å². The van der Waals surface area contributed by atoms with Gasteiger partial charge >= 0.3 is 11.9 Å². The van der Waals surface area contributed by atoms with Crippen molar-refractivity contribution in [2.75, 3.05) is 13.7 Å². The third-order valence-electron chi connectivity index (χ3n) is 4.10. The maximum atomic E-state index is 12.5. The second kappa shape index (κ2) is 7.81. The monoisotopic (exact) mass is 362 g/mol. The number of dihydropyridines is 1. The van der Waals surface area contributed by atoms with E-state index in [4.69, 9.17) is 9.47 Å². The third-order valence-corrected chi connectivity index (χ3v) is 4.10. The lowest BCUT2D eigenvalue weighted by molar-refractivity contribution is -0.384. The van der Waals surface area contributed by atoms with Crippen LogP contribution in [0.2, 0.25) is 0 Å². The molecule has 1 atom stereocenters. The number of esters is 2. The van der Waals surface area contributed by atoms with Crippen LogP contribution in [0.1, 0.15) is 32.3 Å². The van der Waals surface area contributed by atoms with Crippen LogP contribution in [-0.2, 0) is 19.1 Å². The van der Waals surface area contributed by atoms with E-state index >= 15 is 0 Å². The van der Waals surface area contributed by atoms with E-state index in [2.05, 4.69) is 5.32 Å². The Bertz CT molecular complexity index is 807. The largest absolute Gasteiger partial charge is 0.466 e. The molecule has 1 aliphatic rings. The molecule has 0 radical (unpaired) electrons. The Labute approximate surface area is 150 Å². The summed E-state index contributed by atoms with van der Waals surface area (Å²) in [5, 5.41) is 13.9.